The molecule has 0 unspecified atom stereocenters. The largest absolute Gasteiger partial charge is 0.507 e. The highest BCUT2D eigenvalue weighted by molar-refractivity contribution is 6.30. The summed E-state index contributed by atoms with van der Waals surface area (Å²) in [6.07, 6.45) is 0. The Bertz CT molecular complexity index is 1570. The molecular weight excluding hydrogens is 514 g/mol. The summed E-state index contributed by atoms with van der Waals surface area (Å²) in [5.74, 6) is -2.20. The van der Waals surface area contributed by atoms with E-state index in [1.54, 1.807) is 30.3 Å². The number of phenols is 2. The van der Waals surface area contributed by atoms with Gasteiger partial charge in [0.15, 0.2) is 5.78 Å². The summed E-state index contributed by atoms with van der Waals surface area (Å²) in [6.45, 7) is 3.18. The molecule has 0 bridgehead atoms. The average molecular weight is 541 g/mol. The van der Waals surface area contributed by atoms with Gasteiger partial charge in [-0.2, -0.15) is 0 Å². The number of ketones is 2. The van der Waals surface area contributed by atoms with Gasteiger partial charge >= 0.3 is 0 Å². The van der Waals surface area contributed by atoms with Crippen molar-refractivity contribution in [2.45, 2.75) is 12.6 Å². The molecule has 0 saturated carbocycles. The quantitative estimate of drug-likeness (QED) is 0.325. The molecule has 1 saturated heterocycles. The van der Waals surface area contributed by atoms with Gasteiger partial charge < -0.3 is 10.2 Å². The number of benzene rings is 4. The lowest BCUT2D eigenvalue weighted by Crippen LogP contribution is -2.47. The molecular formula is C32H26F2N2O4. The molecule has 0 aromatic heterocycles. The van der Waals surface area contributed by atoms with Crippen LogP contribution in [0.5, 0.6) is 11.5 Å². The second-order valence-electron chi connectivity index (χ2n) is 10.2. The van der Waals surface area contributed by atoms with Gasteiger partial charge in [0.1, 0.15) is 23.1 Å². The van der Waals surface area contributed by atoms with Crippen LogP contribution in [0.15, 0.2) is 78.9 Å². The van der Waals surface area contributed by atoms with Gasteiger partial charge in [-0.3, -0.25) is 19.4 Å². The van der Waals surface area contributed by atoms with Crippen LogP contribution < -0.4 is 0 Å². The van der Waals surface area contributed by atoms with Crippen molar-refractivity contribution in [3.8, 4) is 11.5 Å². The maximum Gasteiger partial charge on any atom is 0.201 e. The molecule has 0 amide bonds. The highest BCUT2D eigenvalue weighted by Gasteiger charge is 2.35. The summed E-state index contributed by atoms with van der Waals surface area (Å²) in [5, 5.41) is 20.9. The number of hydrogen-bond acceptors (Lipinski definition) is 6. The maximum atomic E-state index is 13.6. The first kappa shape index (κ1) is 25.9. The van der Waals surface area contributed by atoms with Gasteiger partial charge in [0.05, 0.1) is 17.2 Å². The van der Waals surface area contributed by atoms with Crippen LogP contribution in [0.1, 0.15) is 54.6 Å². The zero-order chi connectivity index (χ0) is 28.0. The number of halogens is 2. The molecule has 1 aliphatic heterocycles. The summed E-state index contributed by atoms with van der Waals surface area (Å²) < 4.78 is 27.3. The number of rotatable bonds is 5. The van der Waals surface area contributed by atoms with Crippen molar-refractivity contribution in [1.82, 2.24) is 9.80 Å². The highest BCUT2D eigenvalue weighted by atomic mass is 19.1. The maximum absolute atomic E-state index is 13.6. The van der Waals surface area contributed by atoms with E-state index in [9.17, 15) is 28.6 Å². The molecule has 6 rings (SSSR count). The van der Waals surface area contributed by atoms with E-state index in [2.05, 4.69) is 9.80 Å². The highest BCUT2D eigenvalue weighted by Crippen LogP contribution is 2.37. The number of hydrogen-bond donors (Lipinski definition) is 2. The summed E-state index contributed by atoms with van der Waals surface area (Å²) in [6, 6.07) is 20.1. The normalized spacial score (nSPS) is 15.8. The second kappa shape index (κ2) is 10.3. The lowest BCUT2D eigenvalue weighted by molar-refractivity contribution is 0.0972. The SMILES string of the molecule is O=C1c2cccc(O)c2C(=O)c2c(O)cc(CN3CCN(C(c4ccc(F)cc4)c4ccc(F)cc4)CC3)cc21. The molecule has 2 N–H and O–H groups in total. The fraction of sp³-hybridized carbons (Fsp3) is 0.188. The van der Waals surface area contributed by atoms with Crippen LogP contribution in [0.3, 0.4) is 0 Å². The summed E-state index contributed by atoms with van der Waals surface area (Å²) in [4.78, 5) is 30.7. The van der Waals surface area contributed by atoms with Crippen LogP contribution in [0, 0.1) is 11.6 Å². The molecule has 4 aromatic carbocycles. The van der Waals surface area contributed by atoms with E-state index in [1.807, 2.05) is 0 Å². The Labute approximate surface area is 229 Å². The molecule has 40 heavy (non-hydrogen) atoms. The van der Waals surface area contributed by atoms with E-state index >= 15 is 0 Å². The summed E-state index contributed by atoms with van der Waals surface area (Å²) in [7, 11) is 0. The van der Waals surface area contributed by atoms with Crippen molar-refractivity contribution in [2.75, 3.05) is 26.2 Å². The number of aromatic hydroxyl groups is 2. The van der Waals surface area contributed by atoms with Crippen LogP contribution in [-0.4, -0.2) is 57.8 Å². The number of nitrogens with zero attached hydrogens (tertiary/aromatic N) is 2. The van der Waals surface area contributed by atoms with E-state index in [1.165, 1.54) is 48.5 Å². The van der Waals surface area contributed by atoms with Crippen LogP contribution in [0.2, 0.25) is 0 Å². The first-order chi connectivity index (χ1) is 19.3. The van der Waals surface area contributed by atoms with Crippen molar-refractivity contribution in [3.63, 3.8) is 0 Å². The third kappa shape index (κ3) is 4.65. The van der Waals surface area contributed by atoms with E-state index in [-0.39, 0.29) is 51.4 Å². The van der Waals surface area contributed by atoms with Gasteiger partial charge in [-0.25, -0.2) is 8.78 Å². The minimum absolute atomic E-state index is 0.0870. The number of piperazine rings is 1. The fourth-order valence-corrected chi connectivity index (χ4v) is 5.77. The van der Waals surface area contributed by atoms with E-state index < -0.39 is 11.6 Å². The minimum Gasteiger partial charge on any atom is -0.507 e. The van der Waals surface area contributed by atoms with Gasteiger partial charge in [-0.1, -0.05) is 36.4 Å². The molecule has 0 spiro atoms. The average Bonchev–Trinajstić information content (AvgIpc) is 2.94. The molecule has 1 heterocycles. The molecule has 0 radical (unpaired) electrons. The zero-order valence-corrected chi connectivity index (χ0v) is 21.5. The zero-order valence-electron chi connectivity index (χ0n) is 21.5. The third-order valence-corrected chi connectivity index (χ3v) is 7.71. The molecule has 6 nitrogen and oxygen atoms in total. The number of fused-ring (bicyclic) bond motifs is 2. The van der Waals surface area contributed by atoms with Gasteiger partial charge in [0.25, 0.3) is 0 Å². The molecule has 1 fully saturated rings. The Kier molecular flexibility index (Phi) is 6.65. The first-order valence-electron chi connectivity index (χ1n) is 13.0. The lowest BCUT2D eigenvalue weighted by Gasteiger charge is -2.40. The van der Waals surface area contributed by atoms with Crippen LogP contribution in [-0.2, 0) is 6.54 Å². The minimum atomic E-state index is -0.576. The Morgan fingerprint density at radius 3 is 1.85 bits per heavy atom. The first-order valence-corrected chi connectivity index (χ1v) is 13.0. The van der Waals surface area contributed by atoms with Gasteiger partial charge in [-0.05, 0) is 59.2 Å². The Morgan fingerprint density at radius 1 is 0.675 bits per heavy atom. The summed E-state index contributed by atoms with van der Waals surface area (Å²) >= 11 is 0. The predicted octanol–water partition coefficient (Wildman–Crippen LogP) is 5.06. The fourth-order valence-electron chi connectivity index (χ4n) is 5.77. The van der Waals surface area contributed by atoms with E-state index in [0.29, 0.717) is 38.3 Å². The van der Waals surface area contributed by atoms with Crippen molar-refractivity contribution in [2.24, 2.45) is 0 Å². The number of carbonyl (C=O) groups is 2. The van der Waals surface area contributed by atoms with Crippen molar-refractivity contribution in [1.29, 1.82) is 0 Å². The molecule has 202 valence electrons. The number of phenolic OH excluding ortho intramolecular Hbond substituents is 2. The Balaban J connectivity index is 1.21. The van der Waals surface area contributed by atoms with E-state index in [4.69, 9.17) is 0 Å². The Morgan fingerprint density at radius 2 is 1.25 bits per heavy atom. The lowest BCUT2D eigenvalue weighted by atomic mass is 9.82. The topological polar surface area (TPSA) is 81.1 Å². The summed E-state index contributed by atoms with van der Waals surface area (Å²) in [5.41, 5.74) is 2.60. The molecule has 4 aromatic rings. The predicted molar refractivity (Wildman–Crippen MR) is 145 cm³/mol. The van der Waals surface area contributed by atoms with Crippen molar-refractivity contribution < 1.29 is 28.6 Å². The van der Waals surface area contributed by atoms with Crippen molar-refractivity contribution >= 4 is 11.6 Å². The monoisotopic (exact) mass is 540 g/mol. The Hall–Kier alpha value is -4.40. The smallest absolute Gasteiger partial charge is 0.201 e. The molecule has 8 heteroatoms. The molecule has 1 aliphatic carbocycles. The van der Waals surface area contributed by atoms with Gasteiger partial charge in [-0.15, -0.1) is 0 Å². The molecule has 0 atom stereocenters. The standard InChI is InChI=1S/C32H26F2N2O4/c33-22-8-4-20(5-9-22)30(21-6-10-23(34)11-7-21)36-14-12-35(13-15-36)18-19-16-25-29(27(38)17-19)32(40)28-24(31(25)39)2-1-3-26(28)37/h1-11,16-17,30,37-38H,12-15,18H2. The second-order valence-corrected chi connectivity index (χ2v) is 10.2. The van der Waals surface area contributed by atoms with E-state index in [0.717, 1.165) is 11.1 Å². The van der Waals surface area contributed by atoms with Crippen LogP contribution in [0.4, 0.5) is 8.78 Å². The van der Waals surface area contributed by atoms with Crippen LogP contribution >= 0.6 is 0 Å². The van der Waals surface area contributed by atoms with Crippen molar-refractivity contribution in [3.05, 3.63) is 129 Å². The van der Waals surface area contributed by atoms with Gasteiger partial charge in [0, 0.05) is 43.9 Å². The third-order valence-electron chi connectivity index (χ3n) is 7.71. The van der Waals surface area contributed by atoms with Gasteiger partial charge in [0.2, 0.25) is 5.78 Å². The van der Waals surface area contributed by atoms with Crippen LogP contribution in [0.25, 0.3) is 0 Å². The number of carbonyl (C=O) groups excluding carboxylic acids is 2. The molecule has 2 aliphatic rings.